The van der Waals surface area contributed by atoms with E-state index in [0.717, 1.165) is 22.7 Å². The first-order chi connectivity index (χ1) is 10.4. The van der Waals surface area contributed by atoms with E-state index in [0.29, 0.717) is 13.2 Å². The highest BCUT2D eigenvalue weighted by molar-refractivity contribution is 5.37. The molecule has 0 spiro atoms. The second-order valence-corrected chi connectivity index (χ2v) is 4.61. The zero-order valence-electron chi connectivity index (χ0n) is 11.5. The summed E-state index contributed by atoms with van der Waals surface area (Å²) in [6.07, 6.45) is 1.67. The number of rotatable bonds is 5. The largest absolute Gasteiger partial charge is 0.489 e. The molecule has 5 nitrogen and oxygen atoms in total. The molecular weight excluding hydrogens is 264 g/mol. The Kier molecular flexibility index (Phi) is 3.93. The molecule has 0 unspecified atom stereocenters. The molecule has 0 bridgehead atoms. The summed E-state index contributed by atoms with van der Waals surface area (Å²) in [5.74, 6) is 0.817. The summed E-state index contributed by atoms with van der Waals surface area (Å²) < 4.78 is 7.47. The van der Waals surface area contributed by atoms with Crippen molar-refractivity contribution in [2.45, 2.75) is 13.2 Å². The molecular formula is C16H16N4O. The van der Waals surface area contributed by atoms with Crippen molar-refractivity contribution in [3.05, 3.63) is 72.1 Å². The quantitative estimate of drug-likeness (QED) is 0.779. The Balaban J connectivity index is 1.70. The van der Waals surface area contributed by atoms with Gasteiger partial charge in [-0.25, -0.2) is 4.68 Å². The van der Waals surface area contributed by atoms with Gasteiger partial charge < -0.3 is 10.5 Å². The molecule has 1 heterocycles. The van der Waals surface area contributed by atoms with Gasteiger partial charge in [0.25, 0.3) is 0 Å². The standard InChI is InChI=1S/C16H16N4O/c17-10-15-11-18-19-20(15)14-6-8-16(9-7-14)21-12-13-4-2-1-3-5-13/h1-9,11H,10,12,17H2. The Morgan fingerprint density at radius 3 is 2.48 bits per heavy atom. The van der Waals surface area contributed by atoms with Crippen molar-refractivity contribution in [3.8, 4) is 11.4 Å². The lowest BCUT2D eigenvalue weighted by Gasteiger charge is -2.08. The van der Waals surface area contributed by atoms with E-state index < -0.39 is 0 Å². The van der Waals surface area contributed by atoms with Crippen LogP contribution < -0.4 is 10.5 Å². The van der Waals surface area contributed by atoms with Crippen molar-refractivity contribution in [2.75, 3.05) is 0 Å². The van der Waals surface area contributed by atoms with Gasteiger partial charge in [-0.3, -0.25) is 0 Å². The first-order valence-electron chi connectivity index (χ1n) is 6.73. The lowest BCUT2D eigenvalue weighted by Crippen LogP contribution is -2.06. The van der Waals surface area contributed by atoms with Gasteiger partial charge in [-0.15, -0.1) is 5.10 Å². The van der Waals surface area contributed by atoms with E-state index in [1.165, 1.54) is 0 Å². The zero-order chi connectivity index (χ0) is 14.5. The Hall–Kier alpha value is -2.66. The second-order valence-electron chi connectivity index (χ2n) is 4.61. The van der Waals surface area contributed by atoms with Crippen molar-refractivity contribution in [2.24, 2.45) is 5.73 Å². The molecule has 106 valence electrons. The molecule has 3 rings (SSSR count). The van der Waals surface area contributed by atoms with Crippen LogP contribution >= 0.6 is 0 Å². The van der Waals surface area contributed by atoms with Crippen molar-refractivity contribution in [3.63, 3.8) is 0 Å². The van der Waals surface area contributed by atoms with Crippen LogP contribution in [0.3, 0.4) is 0 Å². The minimum absolute atomic E-state index is 0.402. The number of hydrogen-bond acceptors (Lipinski definition) is 4. The van der Waals surface area contributed by atoms with E-state index >= 15 is 0 Å². The summed E-state index contributed by atoms with van der Waals surface area (Å²) in [6, 6.07) is 17.8. The predicted molar refractivity (Wildman–Crippen MR) is 80.0 cm³/mol. The Bertz CT molecular complexity index is 692. The Morgan fingerprint density at radius 1 is 1.00 bits per heavy atom. The summed E-state index contributed by atoms with van der Waals surface area (Å²) in [5, 5.41) is 7.90. The maximum Gasteiger partial charge on any atom is 0.119 e. The minimum Gasteiger partial charge on any atom is -0.489 e. The molecule has 0 fully saturated rings. The molecule has 0 saturated carbocycles. The first-order valence-corrected chi connectivity index (χ1v) is 6.73. The van der Waals surface area contributed by atoms with E-state index in [9.17, 15) is 0 Å². The maximum absolute atomic E-state index is 5.75. The second kappa shape index (κ2) is 6.19. The lowest BCUT2D eigenvalue weighted by atomic mass is 10.2. The molecule has 0 atom stereocenters. The van der Waals surface area contributed by atoms with Crippen LogP contribution in [0.4, 0.5) is 0 Å². The van der Waals surface area contributed by atoms with Crippen molar-refractivity contribution in [1.82, 2.24) is 15.0 Å². The minimum atomic E-state index is 0.402. The molecule has 0 amide bonds. The molecule has 2 N–H and O–H groups in total. The van der Waals surface area contributed by atoms with E-state index in [1.54, 1.807) is 10.9 Å². The number of ether oxygens (including phenoxy) is 1. The fourth-order valence-electron chi connectivity index (χ4n) is 2.04. The van der Waals surface area contributed by atoms with Crippen LogP contribution in [0.1, 0.15) is 11.3 Å². The molecule has 0 aliphatic carbocycles. The van der Waals surface area contributed by atoms with E-state index in [1.807, 2.05) is 54.6 Å². The Morgan fingerprint density at radius 2 is 1.76 bits per heavy atom. The van der Waals surface area contributed by atoms with Crippen LogP contribution in [0.2, 0.25) is 0 Å². The molecule has 3 aromatic rings. The predicted octanol–water partition coefficient (Wildman–Crippen LogP) is 2.30. The molecule has 5 heteroatoms. The average molecular weight is 280 g/mol. The van der Waals surface area contributed by atoms with Gasteiger partial charge in [0, 0.05) is 6.54 Å². The normalized spacial score (nSPS) is 10.5. The van der Waals surface area contributed by atoms with E-state index in [2.05, 4.69) is 10.3 Å². The zero-order valence-corrected chi connectivity index (χ0v) is 11.5. The van der Waals surface area contributed by atoms with Crippen LogP contribution in [0, 0.1) is 0 Å². The van der Waals surface area contributed by atoms with Gasteiger partial charge in [0.2, 0.25) is 0 Å². The fourth-order valence-corrected chi connectivity index (χ4v) is 2.04. The summed E-state index contributed by atoms with van der Waals surface area (Å²) in [5.41, 5.74) is 8.58. The smallest absolute Gasteiger partial charge is 0.119 e. The van der Waals surface area contributed by atoms with Crippen LogP contribution in [0.5, 0.6) is 5.75 Å². The van der Waals surface area contributed by atoms with Gasteiger partial charge in [0.15, 0.2) is 0 Å². The molecule has 0 saturated heterocycles. The summed E-state index contributed by atoms with van der Waals surface area (Å²) in [6.45, 7) is 0.955. The van der Waals surface area contributed by atoms with Crippen LogP contribution in [0.15, 0.2) is 60.8 Å². The van der Waals surface area contributed by atoms with E-state index in [4.69, 9.17) is 10.5 Å². The lowest BCUT2D eigenvalue weighted by molar-refractivity contribution is 0.306. The van der Waals surface area contributed by atoms with Crippen molar-refractivity contribution in [1.29, 1.82) is 0 Å². The number of nitrogens with zero attached hydrogens (tertiary/aromatic N) is 3. The summed E-state index contributed by atoms with van der Waals surface area (Å²) in [4.78, 5) is 0. The highest BCUT2D eigenvalue weighted by Crippen LogP contribution is 2.17. The molecule has 0 radical (unpaired) electrons. The highest BCUT2D eigenvalue weighted by Gasteiger charge is 2.04. The summed E-state index contributed by atoms with van der Waals surface area (Å²) >= 11 is 0. The number of nitrogens with two attached hydrogens (primary N) is 1. The fraction of sp³-hybridized carbons (Fsp3) is 0.125. The van der Waals surface area contributed by atoms with Crippen LogP contribution in [-0.2, 0) is 13.2 Å². The third-order valence-corrected chi connectivity index (χ3v) is 3.16. The average Bonchev–Trinajstić information content (AvgIpc) is 3.03. The highest BCUT2D eigenvalue weighted by atomic mass is 16.5. The number of benzene rings is 2. The third kappa shape index (κ3) is 3.09. The summed E-state index contributed by atoms with van der Waals surface area (Å²) in [7, 11) is 0. The van der Waals surface area contributed by atoms with Gasteiger partial charge in [0.05, 0.1) is 17.6 Å². The van der Waals surface area contributed by atoms with Gasteiger partial charge >= 0.3 is 0 Å². The molecule has 0 aliphatic rings. The van der Waals surface area contributed by atoms with Gasteiger partial charge in [-0.05, 0) is 29.8 Å². The molecule has 0 aliphatic heterocycles. The van der Waals surface area contributed by atoms with Crippen LogP contribution in [0.25, 0.3) is 5.69 Å². The van der Waals surface area contributed by atoms with Crippen molar-refractivity contribution < 1.29 is 4.74 Å². The van der Waals surface area contributed by atoms with Gasteiger partial charge in [-0.2, -0.15) is 0 Å². The number of aromatic nitrogens is 3. The van der Waals surface area contributed by atoms with E-state index in [-0.39, 0.29) is 0 Å². The number of hydrogen-bond donors (Lipinski definition) is 1. The topological polar surface area (TPSA) is 66.0 Å². The molecule has 1 aromatic heterocycles. The first kappa shape index (κ1) is 13.3. The molecule has 2 aromatic carbocycles. The SMILES string of the molecule is NCc1cnnn1-c1ccc(OCc2ccccc2)cc1. The van der Waals surface area contributed by atoms with Gasteiger partial charge in [0.1, 0.15) is 12.4 Å². The van der Waals surface area contributed by atoms with Crippen LogP contribution in [-0.4, -0.2) is 15.0 Å². The van der Waals surface area contributed by atoms with Crippen molar-refractivity contribution >= 4 is 0 Å². The maximum atomic E-state index is 5.75. The molecule has 21 heavy (non-hydrogen) atoms. The third-order valence-electron chi connectivity index (χ3n) is 3.16. The Labute approximate surface area is 123 Å². The van der Waals surface area contributed by atoms with Gasteiger partial charge in [-0.1, -0.05) is 35.5 Å². The monoisotopic (exact) mass is 280 g/mol.